The third-order valence-corrected chi connectivity index (χ3v) is 3.49. The third kappa shape index (κ3) is 2.71. The number of pyridine rings is 1. The van der Waals surface area contributed by atoms with Gasteiger partial charge in [0, 0.05) is 12.4 Å². The summed E-state index contributed by atoms with van der Waals surface area (Å²) in [7, 11) is 1.94. The molecule has 2 aromatic heterocycles. The lowest BCUT2D eigenvalue weighted by molar-refractivity contribution is 0.622. The molecule has 1 atom stereocenters. The summed E-state index contributed by atoms with van der Waals surface area (Å²) >= 11 is 0. The SMILES string of the molecule is CNC(c1cc(C)ccn1)c1ccnn1-c1ccccc1. The largest absolute Gasteiger partial charge is 0.307 e. The standard InChI is InChI=1S/C17H18N4/c1-13-8-10-19-15(12-13)17(18-2)16-9-11-20-21(16)14-6-4-3-5-7-14/h3-12,17-18H,1-2H3. The van der Waals surface area contributed by atoms with Gasteiger partial charge in [0.25, 0.3) is 0 Å². The molecule has 0 fully saturated rings. The predicted octanol–water partition coefficient (Wildman–Crippen LogP) is 2.88. The minimum Gasteiger partial charge on any atom is -0.307 e. The van der Waals surface area contributed by atoms with Crippen molar-refractivity contribution >= 4 is 0 Å². The van der Waals surface area contributed by atoms with E-state index in [2.05, 4.69) is 28.4 Å². The van der Waals surface area contributed by atoms with E-state index >= 15 is 0 Å². The molecule has 3 aromatic rings. The van der Waals surface area contributed by atoms with Gasteiger partial charge in [-0.15, -0.1) is 0 Å². The van der Waals surface area contributed by atoms with Gasteiger partial charge in [0.05, 0.1) is 23.1 Å². The minimum atomic E-state index is 0.00704. The molecule has 2 heterocycles. The Labute approximate surface area is 124 Å². The first-order chi connectivity index (χ1) is 10.3. The van der Waals surface area contributed by atoms with Crippen LogP contribution in [0.15, 0.2) is 60.9 Å². The lowest BCUT2D eigenvalue weighted by atomic mass is 10.1. The molecule has 0 radical (unpaired) electrons. The Balaban J connectivity index is 2.05. The molecule has 1 N–H and O–H groups in total. The molecule has 0 saturated carbocycles. The van der Waals surface area contributed by atoms with E-state index in [0.717, 1.165) is 17.1 Å². The first-order valence-corrected chi connectivity index (χ1v) is 6.99. The van der Waals surface area contributed by atoms with Crippen LogP contribution in [0.2, 0.25) is 0 Å². The van der Waals surface area contributed by atoms with Gasteiger partial charge in [-0.1, -0.05) is 18.2 Å². The molecule has 0 spiro atoms. The highest BCUT2D eigenvalue weighted by atomic mass is 15.3. The molecular weight excluding hydrogens is 260 g/mol. The summed E-state index contributed by atoms with van der Waals surface area (Å²) < 4.78 is 1.95. The van der Waals surface area contributed by atoms with Crippen LogP contribution in [0.3, 0.4) is 0 Å². The Kier molecular flexibility index (Phi) is 3.79. The molecule has 0 aliphatic carbocycles. The van der Waals surface area contributed by atoms with E-state index < -0.39 is 0 Å². The molecule has 1 unspecified atom stereocenters. The van der Waals surface area contributed by atoms with Gasteiger partial charge in [0.2, 0.25) is 0 Å². The van der Waals surface area contributed by atoms with Crippen LogP contribution >= 0.6 is 0 Å². The molecule has 21 heavy (non-hydrogen) atoms. The van der Waals surface area contributed by atoms with Gasteiger partial charge in [-0.05, 0) is 49.9 Å². The Morgan fingerprint density at radius 2 is 1.86 bits per heavy atom. The second-order valence-corrected chi connectivity index (χ2v) is 4.98. The van der Waals surface area contributed by atoms with E-state index in [1.807, 2.05) is 66.6 Å². The Morgan fingerprint density at radius 1 is 1.05 bits per heavy atom. The fourth-order valence-electron chi connectivity index (χ4n) is 2.48. The zero-order valence-corrected chi connectivity index (χ0v) is 12.2. The molecule has 1 aromatic carbocycles. The molecule has 3 rings (SSSR count). The summed E-state index contributed by atoms with van der Waals surface area (Å²) in [4.78, 5) is 4.50. The smallest absolute Gasteiger partial charge is 0.0924 e. The summed E-state index contributed by atoms with van der Waals surface area (Å²) in [6, 6.07) is 16.3. The average Bonchev–Trinajstić information content (AvgIpc) is 2.98. The van der Waals surface area contributed by atoms with Crippen LogP contribution in [0.1, 0.15) is 23.0 Å². The van der Waals surface area contributed by atoms with Crippen LogP contribution in [-0.2, 0) is 0 Å². The van der Waals surface area contributed by atoms with Crippen molar-refractivity contribution in [3.63, 3.8) is 0 Å². The maximum atomic E-state index is 4.50. The Morgan fingerprint density at radius 3 is 2.57 bits per heavy atom. The minimum absolute atomic E-state index is 0.00704. The van der Waals surface area contributed by atoms with Crippen LogP contribution in [-0.4, -0.2) is 21.8 Å². The number of hydrogen-bond acceptors (Lipinski definition) is 3. The van der Waals surface area contributed by atoms with E-state index in [1.165, 1.54) is 5.56 Å². The lowest BCUT2D eigenvalue weighted by Crippen LogP contribution is -2.22. The van der Waals surface area contributed by atoms with Crippen molar-refractivity contribution in [3.05, 3.63) is 77.9 Å². The van der Waals surface area contributed by atoms with Gasteiger partial charge in [0.15, 0.2) is 0 Å². The first kappa shape index (κ1) is 13.5. The van der Waals surface area contributed by atoms with E-state index in [1.54, 1.807) is 0 Å². The van der Waals surface area contributed by atoms with Crippen LogP contribution < -0.4 is 5.32 Å². The summed E-state index contributed by atoms with van der Waals surface area (Å²) in [5, 5.41) is 7.79. The predicted molar refractivity (Wildman–Crippen MR) is 83.4 cm³/mol. The van der Waals surface area contributed by atoms with Gasteiger partial charge in [-0.2, -0.15) is 5.10 Å². The quantitative estimate of drug-likeness (QED) is 0.798. The van der Waals surface area contributed by atoms with Crippen molar-refractivity contribution in [2.45, 2.75) is 13.0 Å². The van der Waals surface area contributed by atoms with Crippen molar-refractivity contribution in [3.8, 4) is 5.69 Å². The normalized spacial score (nSPS) is 12.3. The molecule has 0 saturated heterocycles. The number of nitrogens with one attached hydrogen (secondary N) is 1. The maximum Gasteiger partial charge on any atom is 0.0924 e. The van der Waals surface area contributed by atoms with Gasteiger partial charge < -0.3 is 5.32 Å². The lowest BCUT2D eigenvalue weighted by Gasteiger charge is -2.18. The average molecular weight is 278 g/mol. The summed E-state index contributed by atoms with van der Waals surface area (Å²) in [6.45, 7) is 2.08. The number of aryl methyl sites for hydroxylation is 1. The molecule has 0 aliphatic rings. The van der Waals surface area contributed by atoms with E-state index in [9.17, 15) is 0 Å². The van der Waals surface area contributed by atoms with Gasteiger partial charge >= 0.3 is 0 Å². The zero-order chi connectivity index (χ0) is 14.7. The molecule has 106 valence electrons. The number of rotatable bonds is 4. The highest BCUT2D eigenvalue weighted by Crippen LogP contribution is 2.22. The summed E-state index contributed by atoms with van der Waals surface area (Å²) in [5.74, 6) is 0. The monoisotopic (exact) mass is 278 g/mol. The van der Waals surface area contributed by atoms with Crippen LogP contribution in [0.25, 0.3) is 5.69 Å². The Hall–Kier alpha value is -2.46. The summed E-state index contributed by atoms with van der Waals surface area (Å²) in [5.41, 5.74) is 4.31. The number of hydrogen-bond donors (Lipinski definition) is 1. The third-order valence-electron chi connectivity index (χ3n) is 3.49. The molecule has 0 bridgehead atoms. The van der Waals surface area contributed by atoms with E-state index in [-0.39, 0.29) is 6.04 Å². The Bertz CT molecular complexity index is 718. The van der Waals surface area contributed by atoms with Gasteiger partial charge in [-0.25, -0.2) is 4.68 Å². The molecule has 4 nitrogen and oxygen atoms in total. The topological polar surface area (TPSA) is 42.7 Å². The summed E-state index contributed by atoms with van der Waals surface area (Å²) in [6.07, 6.45) is 3.67. The maximum absolute atomic E-state index is 4.50. The van der Waals surface area contributed by atoms with E-state index in [4.69, 9.17) is 0 Å². The van der Waals surface area contributed by atoms with Crippen LogP contribution in [0.4, 0.5) is 0 Å². The number of aromatic nitrogens is 3. The number of benzene rings is 1. The highest BCUT2D eigenvalue weighted by Gasteiger charge is 2.18. The molecule has 0 aliphatic heterocycles. The van der Waals surface area contributed by atoms with Gasteiger partial charge in [-0.3, -0.25) is 4.98 Å². The second kappa shape index (κ2) is 5.89. The first-order valence-electron chi connectivity index (χ1n) is 6.99. The van der Waals surface area contributed by atoms with Crippen molar-refractivity contribution in [1.29, 1.82) is 0 Å². The number of para-hydroxylation sites is 1. The zero-order valence-electron chi connectivity index (χ0n) is 12.2. The van der Waals surface area contributed by atoms with Crippen molar-refractivity contribution in [2.75, 3.05) is 7.05 Å². The fraction of sp³-hybridized carbons (Fsp3) is 0.176. The molecule has 4 heteroatoms. The molecular formula is C17H18N4. The van der Waals surface area contributed by atoms with Crippen molar-refractivity contribution in [2.24, 2.45) is 0 Å². The highest BCUT2D eigenvalue weighted by molar-refractivity contribution is 5.35. The van der Waals surface area contributed by atoms with Gasteiger partial charge in [0.1, 0.15) is 0 Å². The molecule has 0 amide bonds. The van der Waals surface area contributed by atoms with E-state index in [0.29, 0.717) is 0 Å². The fourth-order valence-corrected chi connectivity index (χ4v) is 2.48. The van der Waals surface area contributed by atoms with Crippen molar-refractivity contribution < 1.29 is 0 Å². The van der Waals surface area contributed by atoms with Crippen LogP contribution in [0.5, 0.6) is 0 Å². The second-order valence-electron chi connectivity index (χ2n) is 4.98. The van der Waals surface area contributed by atoms with Crippen molar-refractivity contribution in [1.82, 2.24) is 20.1 Å². The van der Waals surface area contributed by atoms with Crippen LogP contribution in [0, 0.1) is 6.92 Å². The number of nitrogens with zero attached hydrogens (tertiary/aromatic N) is 3.